The summed E-state index contributed by atoms with van der Waals surface area (Å²) in [7, 11) is -1.59. The van der Waals surface area contributed by atoms with Gasteiger partial charge < -0.3 is 9.84 Å². The molecule has 1 rings (SSSR count). The van der Waals surface area contributed by atoms with E-state index in [0.717, 1.165) is 0 Å². The lowest BCUT2D eigenvalue weighted by molar-refractivity contribution is -0.133. The highest BCUT2D eigenvalue weighted by Gasteiger charge is 2.16. The van der Waals surface area contributed by atoms with Crippen LogP contribution in [0.4, 0.5) is 10.5 Å². The first-order valence-electron chi connectivity index (χ1n) is 5.87. The van der Waals surface area contributed by atoms with E-state index in [9.17, 15) is 13.8 Å². The Bertz CT molecular complexity index is 519. The number of hydrogen-bond donors (Lipinski definition) is 2. The number of carbonyl (C=O) groups excluding carboxylic acids is 1. The summed E-state index contributed by atoms with van der Waals surface area (Å²) < 4.78 is 16.7. The Kier molecular flexibility index (Phi) is 5.26. The quantitative estimate of drug-likeness (QED) is 0.889. The van der Waals surface area contributed by atoms with Gasteiger partial charge in [-0.25, -0.2) is 4.79 Å². The van der Waals surface area contributed by atoms with Crippen LogP contribution in [0.3, 0.4) is 0 Å². The number of anilines is 1. The second kappa shape index (κ2) is 6.51. The van der Waals surface area contributed by atoms with Crippen molar-refractivity contribution >= 4 is 28.5 Å². The maximum Gasteiger partial charge on any atom is 0.412 e. The lowest BCUT2D eigenvalue weighted by Crippen LogP contribution is -2.27. The summed E-state index contributed by atoms with van der Waals surface area (Å²) in [5, 5.41) is 11.1. The van der Waals surface area contributed by atoms with Crippen molar-refractivity contribution in [2.45, 2.75) is 31.3 Å². The van der Waals surface area contributed by atoms with Gasteiger partial charge in [-0.2, -0.15) is 0 Å². The van der Waals surface area contributed by atoms with Crippen LogP contribution in [0.2, 0.25) is 0 Å². The van der Waals surface area contributed by atoms with Gasteiger partial charge in [0.05, 0.1) is 10.8 Å². The molecule has 1 aromatic rings. The first-order valence-corrected chi connectivity index (χ1v) is 7.19. The number of benzene rings is 1. The van der Waals surface area contributed by atoms with Crippen LogP contribution in [-0.4, -0.2) is 32.7 Å². The molecule has 0 spiro atoms. The second-order valence-corrected chi connectivity index (χ2v) is 6.49. The number of amides is 1. The third-order valence-corrected chi connectivity index (χ3v) is 3.32. The molecular weight excluding hydrogens is 282 g/mol. The predicted octanol–water partition coefficient (Wildman–Crippen LogP) is 2.23. The summed E-state index contributed by atoms with van der Waals surface area (Å²) in [4.78, 5) is 22.4. The van der Waals surface area contributed by atoms with E-state index in [2.05, 4.69) is 5.32 Å². The summed E-state index contributed by atoms with van der Waals surface area (Å²) in [6.07, 6.45) is -0.586. The fourth-order valence-corrected chi connectivity index (χ4v) is 2.14. The summed E-state index contributed by atoms with van der Waals surface area (Å²) in [6.45, 7) is 5.26. The molecule has 0 fully saturated rings. The molecule has 1 atom stereocenters. The summed E-state index contributed by atoms with van der Waals surface area (Å²) in [5.74, 6) is -1.57. The molecule has 110 valence electrons. The van der Waals surface area contributed by atoms with Gasteiger partial charge in [-0.05, 0) is 45.0 Å². The number of nitrogens with one attached hydrogen (secondary N) is 1. The van der Waals surface area contributed by atoms with Crippen molar-refractivity contribution in [2.75, 3.05) is 11.1 Å². The standard InChI is InChI=1S/C13H17NO5S/c1-13(2,3)19-12(17)14-9-4-6-10(7-5-9)20(18)8-11(15)16/h4-7H,8H2,1-3H3,(H,14,17)(H,15,16). The van der Waals surface area contributed by atoms with Crippen molar-refractivity contribution in [3.05, 3.63) is 24.3 Å². The van der Waals surface area contributed by atoms with Crippen LogP contribution < -0.4 is 5.32 Å². The Morgan fingerprint density at radius 2 is 1.80 bits per heavy atom. The van der Waals surface area contributed by atoms with Gasteiger partial charge in [-0.15, -0.1) is 0 Å². The molecule has 0 heterocycles. The zero-order valence-electron chi connectivity index (χ0n) is 11.5. The third kappa shape index (κ3) is 5.83. The van der Waals surface area contributed by atoms with E-state index in [1.54, 1.807) is 32.9 Å². The van der Waals surface area contributed by atoms with Crippen LogP contribution in [0.1, 0.15) is 20.8 Å². The zero-order chi connectivity index (χ0) is 15.3. The van der Waals surface area contributed by atoms with E-state index in [0.29, 0.717) is 10.6 Å². The minimum atomic E-state index is -1.59. The van der Waals surface area contributed by atoms with Crippen molar-refractivity contribution in [1.82, 2.24) is 0 Å². The summed E-state index contributed by atoms with van der Waals surface area (Å²) >= 11 is 0. The average Bonchev–Trinajstić information content (AvgIpc) is 2.26. The molecule has 1 amide bonds. The van der Waals surface area contributed by atoms with Crippen molar-refractivity contribution < 1.29 is 23.6 Å². The van der Waals surface area contributed by atoms with Crippen LogP contribution >= 0.6 is 0 Å². The van der Waals surface area contributed by atoms with Gasteiger partial charge in [0.1, 0.15) is 11.4 Å². The van der Waals surface area contributed by atoms with Gasteiger partial charge in [0, 0.05) is 10.6 Å². The topological polar surface area (TPSA) is 92.7 Å². The lowest BCUT2D eigenvalue weighted by atomic mass is 10.2. The number of carboxylic acids is 1. The van der Waals surface area contributed by atoms with E-state index >= 15 is 0 Å². The number of rotatable bonds is 4. The number of carbonyl (C=O) groups is 2. The highest BCUT2D eigenvalue weighted by atomic mass is 32.2. The zero-order valence-corrected chi connectivity index (χ0v) is 12.3. The van der Waals surface area contributed by atoms with E-state index < -0.39 is 34.2 Å². The smallest absolute Gasteiger partial charge is 0.412 e. The maximum absolute atomic E-state index is 11.6. The fraction of sp³-hybridized carbons (Fsp3) is 0.385. The highest BCUT2D eigenvalue weighted by Crippen LogP contribution is 2.15. The third-order valence-electron chi connectivity index (χ3n) is 2.02. The number of hydrogen-bond acceptors (Lipinski definition) is 4. The first-order chi connectivity index (χ1) is 9.17. The van der Waals surface area contributed by atoms with Gasteiger partial charge in [0.25, 0.3) is 0 Å². The minimum Gasteiger partial charge on any atom is -0.481 e. The number of carboxylic acid groups (broad SMARTS) is 1. The Morgan fingerprint density at radius 1 is 1.25 bits per heavy atom. The Hall–Kier alpha value is -1.89. The first kappa shape index (κ1) is 16.2. The summed E-state index contributed by atoms with van der Waals surface area (Å²) in [5.41, 5.74) is -0.108. The molecule has 0 saturated heterocycles. The maximum atomic E-state index is 11.6. The molecule has 0 aliphatic heterocycles. The fourth-order valence-electron chi connectivity index (χ4n) is 1.31. The molecule has 0 saturated carbocycles. The monoisotopic (exact) mass is 299 g/mol. The molecule has 0 bridgehead atoms. The molecule has 7 heteroatoms. The van der Waals surface area contributed by atoms with Gasteiger partial charge in [0.15, 0.2) is 0 Å². The molecule has 0 aromatic heterocycles. The molecule has 2 N–H and O–H groups in total. The molecule has 0 aliphatic carbocycles. The van der Waals surface area contributed by atoms with Crippen molar-refractivity contribution in [3.63, 3.8) is 0 Å². The van der Waals surface area contributed by atoms with Crippen LogP contribution in [0.25, 0.3) is 0 Å². The van der Waals surface area contributed by atoms with Gasteiger partial charge >= 0.3 is 12.1 Å². The normalized spacial score (nSPS) is 12.6. The van der Waals surface area contributed by atoms with Crippen molar-refractivity contribution in [2.24, 2.45) is 0 Å². The highest BCUT2D eigenvalue weighted by molar-refractivity contribution is 7.85. The molecule has 20 heavy (non-hydrogen) atoms. The predicted molar refractivity (Wildman–Crippen MR) is 75.2 cm³/mol. The molecule has 1 aromatic carbocycles. The van der Waals surface area contributed by atoms with Gasteiger partial charge in [-0.1, -0.05) is 0 Å². The summed E-state index contributed by atoms with van der Waals surface area (Å²) in [6, 6.07) is 6.09. The molecule has 0 aliphatic rings. The number of ether oxygens (including phenoxy) is 1. The number of aliphatic carboxylic acids is 1. The van der Waals surface area contributed by atoms with Crippen LogP contribution in [0.5, 0.6) is 0 Å². The van der Waals surface area contributed by atoms with Gasteiger partial charge in [-0.3, -0.25) is 14.3 Å². The second-order valence-electron chi connectivity index (χ2n) is 5.03. The lowest BCUT2D eigenvalue weighted by Gasteiger charge is -2.19. The van der Waals surface area contributed by atoms with Crippen LogP contribution in [-0.2, 0) is 20.3 Å². The van der Waals surface area contributed by atoms with E-state index in [-0.39, 0.29) is 0 Å². The molecule has 0 radical (unpaired) electrons. The minimum absolute atomic E-state index is 0.391. The largest absolute Gasteiger partial charge is 0.481 e. The average molecular weight is 299 g/mol. The van der Waals surface area contributed by atoms with Crippen molar-refractivity contribution in [1.29, 1.82) is 0 Å². The molecule has 6 nitrogen and oxygen atoms in total. The van der Waals surface area contributed by atoms with Gasteiger partial charge in [0.2, 0.25) is 0 Å². The van der Waals surface area contributed by atoms with Crippen LogP contribution in [0, 0.1) is 0 Å². The van der Waals surface area contributed by atoms with E-state index in [1.165, 1.54) is 12.1 Å². The SMILES string of the molecule is CC(C)(C)OC(=O)Nc1ccc(S(=O)CC(=O)O)cc1. The molecule has 1 unspecified atom stereocenters. The van der Waals surface area contributed by atoms with Crippen LogP contribution in [0.15, 0.2) is 29.2 Å². The Labute approximate surface area is 119 Å². The van der Waals surface area contributed by atoms with E-state index in [1.807, 2.05) is 0 Å². The molecular formula is C13H17NO5S. The van der Waals surface area contributed by atoms with E-state index in [4.69, 9.17) is 9.84 Å². The van der Waals surface area contributed by atoms with Crippen molar-refractivity contribution in [3.8, 4) is 0 Å². The Morgan fingerprint density at radius 3 is 2.25 bits per heavy atom. The Balaban J connectivity index is 2.65.